The number of hydrogen-bond acceptors (Lipinski definition) is 4. The predicted octanol–water partition coefficient (Wildman–Crippen LogP) is 1.97. The molecule has 1 aliphatic rings. The molecule has 1 aliphatic heterocycles. The third-order valence-electron chi connectivity index (χ3n) is 3.82. The zero-order chi connectivity index (χ0) is 13.7. The number of piperidine rings is 1. The van der Waals surface area contributed by atoms with Gasteiger partial charge in [-0.1, -0.05) is 0 Å². The van der Waals surface area contributed by atoms with Crippen molar-refractivity contribution in [3.63, 3.8) is 0 Å². The maximum atomic E-state index is 6.20. The lowest BCUT2D eigenvalue weighted by molar-refractivity contribution is 0.00118. The van der Waals surface area contributed by atoms with Gasteiger partial charge in [-0.05, 0) is 44.4 Å². The van der Waals surface area contributed by atoms with E-state index >= 15 is 0 Å². The van der Waals surface area contributed by atoms with Crippen molar-refractivity contribution >= 4 is 0 Å². The Kier molecular flexibility index (Phi) is 5.31. The van der Waals surface area contributed by atoms with E-state index in [0.29, 0.717) is 6.10 Å². The van der Waals surface area contributed by atoms with Gasteiger partial charge in [-0.3, -0.25) is 9.88 Å². The van der Waals surface area contributed by atoms with Crippen molar-refractivity contribution in [3.8, 4) is 0 Å². The number of nitrogens with zero attached hydrogens (tertiary/aromatic N) is 2. The van der Waals surface area contributed by atoms with Gasteiger partial charge in [0.25, 0.3) is 0 Å². The highest BCUT2D eigenvalue weighted by Gasteiger charge is 2.28. The molecule has 1 saturated heterocycles. The van der Waals surface area contributed by atoms with Crippen LogP contribution in [0.3, 0.4) is 0 Å². The summed E-state index contributed by atoms with van der Waals surface area (Å²) in [7, 11) is 0. The highest BCUT2D eigenvalue weighted by molar-refractivity contribution is 5.17. The molecule has 2 atom stereocenters. The smallest absolute Gasteiger partial charge is 0.0599 e. The summed E-state index contributed by atoms with van der Waals surface area (Å²) in [5.41, 5.74) is 7.46. The summed E-state index contributed by atoms with van der Waals surface area (Å²) in [4.78, 5) is 6.57. The highest BCUT2D eigenvalue weighted by Crippen LogP contribution is 2.27. The van der Waals surface area contributed by atoms with Crippen molar-refractivity contribution in [3.05, 3.63) is 30.1 Å². The van der Waals surface area contributed by atoms with E-state index in [-0.39, 0.29) is 12.1 Å². The van der Waals surface area contributed by atoms with Crippen LogP contribution in [0.5, 0.6) is 0 Å². The summed E-state index contributed by atoms with van der Waals surface area (Å²) in [6, 6.07) is 4.54. The molecule has 19 heavy (non-hydrogen) atoms. The molecule has 1 aromatic rings. The van der Waals surface area contributed by atoms with E-state index in [1.165, 1.54) is 5.56 Å². The number of likely N-dealkylation sites (tertiary alicyclic amines) is 1. The first-order valence-corrected chi connectivity index (χ1v) is 7.23. The van der Waals surface area contributed by atoms with E-state index in [0.717, 1.165) is 32.5 Å². The average Bonchev–Trinajstić information content (AvgIpc) is 2.42. The van der Waals surface area contributed by atoms with Gasteiger partial charge in [-0.15, -0.1) is 0 Å². The number of pyridine rings is 1. The van der Waals surface area contributed by atoms with Crippen LogP contribution in [0.1, 0.15) is 38.3 Å². The Morgan fingerprint density at radius 1 is 1.37 bits per heavy atom. The number of hydrogen-bond donors (Lipinski definition) is 1. The van der Waals surface area contributed by atoms with Crippen molar-refractivity contribution in [2.75, 3.05) is 19.7 Å². The normalized spacial score (nSPS) is 21.2. The third-order valence-corrected chi connectivity index (χ3v) is 3.82. The third kappa shape index (κ3) is 3.75. The number of aromatic nitrogens is 1. The second-order valence-corrected chi connectivity index (χ2v) is 5.28. The Morgan fingerprint density at radius 3 is 2.53 bits per heavy atom. The first-order chi connectivity index (χ1) is 9.22. The Hall–Kier alpha value is -0.970. The lowest BCUT2D eigenvalue weighted by Gasteiger charge is -2.39. The van der Waals surface area contributed by atoms with Crippen LogP contribution in [0.2, 0.25) is 0 Å². The summed E-state index contributed by atoms with van der Waals surface area (Å²) in [5.74, 6) is 0. The standard InChI is InChI=1S/C15H25N3O/c1-3-19-14-6-10-18(11-7-14)15(12(2)16)13-4-8-17-9-5-13/h4-5,8-9,12,14-15H,3,6-7,10-11,16H2,1-2H3. The SMILES string of the molecule is CCOC1CCN(C(c2ccncc2)C(C)N)CC1. The van der Waals surface area contributed by atoms with Gasteiger partial charge in [0, 0.05) is 44.2 Å². The molecule has 2 N–H and O–H groups in total. The molecule has 2 unspecified atom stereocenters. The van der Waals surface area contributed by atoms with Gasteiger partial charge < -0.3 is 10.5 Å². The minimum absolute atomic E-state index is 0.117. The number of rotatable bonds is 5. The topological polar surface area (TPSA) is 51.4 Å². The first-order valence-electron chi connectivity index (χ1n) is 7.23. The lowest BCUT2D eigenvalue weighted by Crippen LogP contribution is -2.45. The van der Waals surface area contributed by atoms with Crippen LogP contribution in [0, 0.1) is 0 Å². The molecule has 106 valence electrons. The van der Waals surface area contributed by atoms with Crippen molar-refractivity contribution in [2.24, 2.45) is 5.73 Å². The minimum Gasteiger partial charge on any atom is -0.378 e. The van der Waals surface area contributed by atoms with Crippen LogP contribution >= 0.6 is 0 Å². The number of ether oxygens (including phenoxy) is 1. The zero-order valence-electron chi connectivity index (χ0n) is 12.0. The lowest BCUT2D eigenvalue weighted by atomic mass is 9.97. The molecule has 0 amide bonds. The molecule has 0 saturated carbocycles. The maximum absolute atomic E-state index is 6.20. The van der Waals surface area contributed by atoms with Crippen molar-refractivity contribution in [2.45, 2.75) is 44.9 Å². The fourth-order valence-corrected chi connectivity index (χ4v) is 2.96. The van der Waals surface area contributed by atoms with E-state index in [9.17, 15) is 0 Å². The molecular formula is C15H25N3O. The molecule has 0 radical (unpaired) electrons. The molecule has 4 heteroatoms. The Labute approximate surface area is 116 Å². The van der Waals surface area contributed by atoms with Gasteiger partial charge in [0.2, 0.25) is 0 Å². The predicted molar refractivity (Wildman–Crippen MR) is 76.8 cm³/mol. The first kappa shape index (κ1) is 14.4. The van der Waals surface area contributed by atoms with Gasteiger partial charge in [0.05, 0.1) is 6.10 Å². The average molecular weight is 263 g/mol. The maximum Gasteiger partial charge on any atom is 0.0599 e. The molecule has 0 aliphatic carbocycles. The highest BCUT2D eigenvalue weighted by atomic mass is 16.5. The minimum atomic E-state index is 0.117. The molecule has 0 spiro atoms. The van der Waals surface area contributed by atoms with E-state index in [4.69, 9.17) is 10.5 Å². The molecule has 0 aromatic carbocycles. The van der Waals surface area contributed by atoms with Gasteiger partial charge in [-0.25, -0.2) is 0 Å². The van der Waals surface area contributed by atoms with Gasteiger partial charge >= 0.3 is 0 Å². The second kappa shape index (κ2) is 6.98. The summed E-state index contributed by atoms with van der Waals surface area (Å²) in [5, 5.41) is 0. The van der Waals surface area contributed by atoms with Crippen molar-refractivity contribution < 1.29 is 4.74 Å². The summed E-state index contributed by atoms with van der Waals surface area (Å²) in [6.07, 6.45) is 6.31. The molecule has 1 aromatic heterocycles. The van der Waals surface area contributed by atoms with Crippen LogP contribution in [-0.2, 0) is 4.74 Å². The molecular weight excluding hydrogens is 238 g/mol. The van der Waals surface area contributed by atoms with E-state index in [2.05, 4.69) is 35.9 Å². The fraction of sp³-hybridized carbons (Fsp3) is 0.667. The summed E-state index contributed by atoms with van der Waals surface area (Å²) in [6.45, 7) is 7.07. The summed E-state index contributed by atoms with van der Waals surface area (Å²) >= 11 is 0. The molecule has 2 heterocycles. The molecule has 1 fully saturated rings. The van der Waals surface area contributed by atoms with Crippen LogP contribution in [0.15, 0.2) is 24.5 Å². The Bertz CT molecular complexity index is 361. The van der Waals surface area contributed by atoms with Crippen LogP contribution < -0.4 is 5.73 Å². The van der Waals surface area contributed by atoms with Crippen molar-refractivity contribution in [1.29, 1.82) is 0 Å². The van der Waals surface area contributed by atoms with Crippen LogP contribution in [0.25, 0.3) is 0 Å². The van der Waals surface area contributed by atoms with E-state index in [1.807, 2.05) is 12.4 Å². The van der Waals surface area contributed by atoms with Gasteiger partial charge in [-0.2, -0.15) is 0 Å². The molecule has 2 rings (SSSR count). The summed E-state index contributed by atoms with van der Waals surface area (Å²) < 4.78 is 5.71. The van der Waals surface area contributed by atoms with E-state index < -0.39 is 0 Å². The monoisotopic (exact) mass is 263 g/mol. The van der Waals surface area contributed by atoms with Gasteiger partial charge in [0.15, 0.2) is 0 Å². The second-order valence-electron chi connectivity index (χ2n) is 5.28. The van der Waals surface area contributed by atoms with Crippen LogP contribution in [0.4, 0.5) is 0 Å². The molecule has 4 nitrogen and oxygen atoms in total. The fourth-order valence-electron chi connectivity index (χ4n) is 2.96. The molecule has 0 bridgehead atoms. The van der Waals surface area contributed by atoms with Gasteiger partial charge in [0.1, 0.15) is 0 Å². The Balaban J connectivity index is 2.02. The largest absolute Gasteiger partial charge is 0.378 e. The zero-order valence-corrected chi connectivity index (χ0v) is 12.0. The number of nitrogens with two attached hydrogens (primary N) is 1. The van der Waals surface area contributed by atoms with E-state index in [1.54, 1.807) is 0 Å². The quantitative estimate of drug-likeness (QED) is 0.882. The Morgan fingerprint density at radius 2 is 2.00 bits per heavy atom. The van der Waals surface area contributed by atoms with Crippen LogP contribution in [-0.4, -0.2) is 41.7 Å². The van der Waals surface area contributed by atoms with Crippen molar-refractivity contribution in [1.82, 2.24) is 9.88 Å².